The predicted octanol–water partition coefficient (Wildman–Crippen LogP) is 3.04. The van der Waals surface area contributed by atoms with Crippen LogP contribution in [0.3, 0.4) is 0 Å². The maximum Gasteiger partial charge on any atom is 0.251 e. The Balaban J connectivity index is 2.00. The second-order valence-corrected chi connectivity index (χ2v) is 7.77. The van der Waals surface area contributed by atoms with Gasteiger partial charge in [0.2, 0.25) is 5.91 Å². The van der Waals surface area contributed by atoms with Crippen LogP contribution in [0.25, 0.3) is 0 Å². The molecule has 0 bridgehead atoms. The highest BCUT2D eigenvalue weighted by molar-refractivity contribution is 6.30. The molecule has 1 aliphatic heterocycles. The Bertz CT molecular complexity index is 596. The Hall–Kier alpha value is -1.59. The first-order valence-corrected chi connectivity index (χ1v) is 9.86. The minimum Gasteiger partial charge on any atom is -0.340 e. The first kappa shape index (κ1) is 20.7. The summed E-state index contributed by atoms with van der Waals surface area (Å²) in [5.74, 6) is 0.110. The second-order valence-electron chi connectivity index (χ2n) is 7.33. The van der Waals surface area contributed by atoms with Gasteiger partial charge in [0.05, 0.1) is 0 Å². The third kappa shape index (κ3) is 5.99. The molecule has 0 radical (unpaired) electrons. The van der Waals surface area contributed by atoms with Gasteiger partial charge in [-0.25, -0.2) is 0 Å². The fourth-order valence-corrected chi connectivity index (χ4v) is 3.39. The van der Waals surface area contributed by atoms with Crippen molar-refractivity contribution in [3.05, 3.63) is 34.9 Å². The van der Waals surface area contributed by atoms with Gasteiger partial charge in [-0.15, -0.1) is 0 Å². The highest BCUT2D eigenvalue weighted by Gasteiger charge is 2.29. The van der Waals surface area contributed by atoms with Gasteiger partial charge < -0.3 is 10.2 Å². The molecule has 1 unspecified atom stereocenters. The van der Waals surface area contributed by atoms with E-state index in [9.17, 15) is 9.59 Å². The van der Waals surface area contributed by atoms with Gasteiger partial charge in [-0.1, -0.05) is 32.4 Å². The standard InChI is InChI=1S/C20H30ClN3O2/c1-4-9-23-10-12-24(13-11-23)20(26)18(14-15(2)3)22-19(25)16-5-7-17(21)8-6-16/h5-8,15,18H,4,9-14H2,1-3H3,(H,22,25). The zero-order valence-corrected chi connectivity index (χ0v) is 16.8. The van der Waals surface area contributed by atoms with E-state index in [1.807, 2.05) is 4.90 Å². The largest absolute Gasteiger partial charge is 0.340 e. The Morgan fingerprint density at radius 3 is 2.27 bits per heavy atom. The number of rotatable bonds is 7. The lowest BCUT2D eigenvalue weighted by molar-refractivity contribution is -0.135. The number of hydrogen-bond donors (Lipinski definition) is 1. The lowest BCUT2D eigenvalue weighted by Crippen LogP contribution is -2.55. The van der Waals surface area contributed by atoms with Crippen molar-refractivity contribution >= 4 is 23.4 Å². The number of carbonyl (C=O) groups is 2. The molecule has 1 aromatic carbocycles. The average Bonchev–Trinajstić information content (AvgIpc) is 2.61. The number of benzene rings is 1. The summed E-state index contributed by atoms with van der Waals surface area (Å²) in [6.07, 6.45) is 1.76. The third-order valence-corrected chi connectivity index (χ3v) is 4.89. The first-order valence-electron chi connectivity index (χ1n) is 9.48. The van der Waals surface area contributed by atoms with Gasteiger partial charge in [0.25, 0.3) is 5.91 Å². The fourth-order valence-electron chi connectivity index (χ4n) is 3.26. The van der Waals surface area contributed by atoms with E-state index in [-0.39, 0.29) is 11.8 Å². The highest BCUT2D eigenvalue weighted by atomic mass is 35.5. The Morgan fingerprint density at radius 1 is 1.12 bits per heavy atom. The van der Waals surface area contributed by atoms with Gasteiger partial charge in [-0.3, -0.25) is 14.5 Å². The maximum absolute atomic E-state index is 13.0. The van der Waals surface area contributed by atoms with E-state index < -0.39 is 6.04 Å². The molecular weight excluding hydrogens is 350 g/mol. The van der Waals surface area contributed by atoms with Crippen LogP contribution >= 0.6 is 11.6 Å². The van der Waals surface area contributed by atoms with E-state index in [1.54, 1.807) is 24.3 Å². The zero-order chi connectivity index (χ0) is 19.1. The minimum absolute atomic E-state index is 0.0251. The minimum atomic E-state index is -0.490. The molecule has 0 saturated carbocycles. The monoisotopic (exact) mass is 379 g/mol. The lowest BCUT2D eigenvalue weighted by Gasteiger charge is -2.36. The number of hydrogen-bond acceptors (Lipinski definition) is 3. The first-order chi connectivity index (χ1) is 12.4. The molecule has 2 rings (SSSR count). The van der Waals surface area contributed by atoms with Crippen LogP contribution in [0.15, 0.2) is 24.3 Å². The van der Waals surface area contributed by atoms with Gasteiger partial charge in [0, 0.05) is 36.8 Å². The zero-order valence-electron chi connectivity index (χ0n) is 16.0. The molecule has 1 atom stereocenters. The fraction of sp³-hybridized carbons (Fsp3) is 0.600. The predicted molar refractivity (Wildman–Crippen MR) is 105 cm³/mol. The van der Waals surface area contributed by atoms with Crippen molar-refractivity contribution in [2.24, 2.45) is 5.92 Å². The molecule has 26 heavy (non-hydrogen) atoms. The summed E-state index contributed by atoms with van der Waals surface area (Å²) in [4.78, 5) is 29.8. The van der Waals surface area contributed by atoms with E-state index >= 15 is 0 Å². The number of carbonyl (C=O) groups excluding carboxylic acids is 2. The number of nitrogens with zero attached hydrogens (tertiary/aromatic N) is 2. The summed E-state index contributed by atoms with van der Waals surface area (Å²) < 4.78 is 0. The Morgan fingerprint density at radius 2 is 1.73 bits per heavy atom. The Kier molecular flexibility index (Phi) is 7.91. The van der Waals surface area contributed by atoms with Gasteiger partial charge in [0.15, 0.2) is 0 Å². The molecule has 1 fully saturated rings. The number of amides is 2. The van der Waals surface area contributed by atoms with Crippen LogP contribution in [-0.4, -0.2) is 60.4 Å². The smallest absolute Gasteiger partial charge is 0.251 e. The van der Waals surface area contributed by atoms with Crippen molar-refractivity contribution in [3.8, 4) is 0 Å². The van der Waals surface area contributed by atoms with Crippen molar-refractivity contribution in [1.82, 2.24) is 15.1 Å². The van der Waals surface area contributed by atoms with Crippen molar-refractivity contribution in [2.75, 3.05) is 32.7 Å². The number of piperazine rings is 1. The van der Waals surface area contributed by atoms with Crippen LogP contribution < -0.4 is 5.32 Å². The summed E-state index contributed by atoms with van der Waals surface area (Å²) in [7, 11) is 0. The number of halogens is 1. The molecular formula is C20H30ClN3O2. The molecule has 1 aromatic rings. The summed E-state index contributed by atoms with van der Waals surface area (Å²) in [5, 5.41) is 3.52. The molecule has 0 aliphatic carbocycles. The SMILES string of the molecule is CCCN1CCN(C(=O)C(CC(C)C)NC(=O)c2ccc(Cl)cc2)CC1. The number of nitrogens with one attached hydrogen (secondary N) is 1. The Labute approximate surface area is 161 Å². The van der Waals surface area contributed by atoms with Crippen LogP contribution in [0.4, 0.5) is 0 Å². The molecule has 1 N–H and O–H groups in total. The van der Waals surface area contributed by atoms with E-state index in [2.05, 4.69) is 31.0 Å². The van der Waals surface area contributed by atoms with E-state index in [1.165, 1.54) is 0 Å². The van der Waals surface area contributed by atoms with E-state index in [0.29, 0.717) is 22.9 Å². The molecule has 0 aromatic heterocycles. The van der Waals surface area contributed by atoms with E-state index in [4.69, 9.17) is 11.6 Å². The van der Waals surface area contributed by atoms with Crippen LogP contribution in [-0.2, 0) is 4.79 Å². The van der Waals surface area contributed by atoms with Crippen molar-refractivity contribution in [3.63, 3.8) is 0 Å². The van der Waals surface area contributed by atoms with Crippen LogP contribution in [0, 0.1) is 5.92 Å². The summed E-state index contributed by atoms with van der Waals surface area (Å²) in [5.41, 5.74) is 0.517. The highest BCUT2D eigenvalue weighted by Crippen LogP contribution is 2.13. The lowest BCUT2D eigenvalue weighted by atomic mass is 10.0. The summed E-state index contributed by atoms with van der Waals surface area (Å²) in [6.45, 7) is 10.6. The quantitative estimate of drug-likeness (QED) is 0.792. The van der Waals surface area contributed by atoms with Crippen LogP contribution in [0.5, 0.6) is 0 Å². The normalized spacial score (nSPS) is 16.6. The molecule has 1 aliphatic rings. The van der Waals surface area contributed by atoms with Crippen molar-refractivity contribution in [2.45, 2.75) is 39.7 Å². The van der Waals surface area contributed by atoms with Crippen molar-refractivity contribution in [1.29, 1.82) is 0 Å². The van der Waals surface area contributed by atoms with Gasteiger partial charge in [0.1, 0.15) is 6.04 Å². The van der Waals surface area contributed by atoms with Gasteiger partial charge in [-0.2, -0.15) is 0 Å². The van der Waals surface area contributed by atoms with Gasteiger partial charge in [-0.05, 0) is 49.6 Å². The second kappa shape index (κ2) is 9.93. The molecule has 0 spiro atoms. The third-order valence-electron chi connectivity index (χ3n) is 4.64. The molecule has 5 nitrogen and oxygen atoms in total. The molecule has 1 heterocycles. The average molecular weight is 380 g/mol. The van der Waals surface area contributed by atoms with E-state index in [0.717, 1.165) is 39.1 Å². The molecule has 1 saturated heterocycles. The molecule has 6 heteroatoms. The molecule has 2 amide bonds. The van der Waals surface area contributed by atoms with Crippen molar-refractivity contribution < 1.29 is 9.59 Å². The summed E-state index contributed by atoms with van der Waals surface area (Å²) in [6, 6.07) is 6.23. The van der Waals surface area contributed by atoms with Crippen LogP contribution in [0.1, 0.15) is 44.0 Å². The topological polar surface area (TPSA) is 52.6 Å². The maximum atomic E-state index is 13.0. The van der Waals surface area contributed by atoms with Gasteiger partial charge >= 0.3 is 0 Å². The van der Waals surface area contributed by atoms with Crippen LogP contribution in [0.2, 0.25) is 5.02 Å². The molecule has 144 valence electrons. The summed E-state index contributed by atoms with van der Waals surface area (Å²) >= 11 is 5.88.